The molecule has 2 rings (SSSR count). The van der Waals surface area contributed by atoms with E-state index in [9.17, 15) is 10.1 Å². The average molecular weight is 265 g/mol. The van der Waals surface area contributed by atoms with Crippen molar-refractivity contribution >= 4 is 11.4 Å². The zero-order valence-corrected chi connectivity index (χ0v) is 10.8. The summed E-state index contributed by atoms with van der Waals surface area (Å²) in [5.41, 5.74) is 6.58. The number of benzene rings is 1. The van der Waals surface area contributed by atoms with Gasteiger partial charge in [0.05, 0.1) is 11.5 Å². The highest BCUT2D eigenvalue weighted by molar-refractivity contribution is 5.59. The zero-order valence-electron chi connectivity index (χ0n) is 10.8. The lowest BCUT2D eigenvalue weighted by atomic mass is 9.91. The van der Waals surface area contributed by atoms with Crippen LogP contribution in [-0.2, 0) is 6.54 Å². The van der Waals surface area contributed by atoms with Gasteiger partial charge >= 0.3 is 0 Å². The molecule has 0 unspecified atom stereocenters. The maximum Gasteiger partial charge on any atom is 0.292 e. The van der Waals surface area contributed by atoms with Gasteiger partial charge in [0, 0.05) is 25.2 Å². The van der Waals surface area contributed by atoms with Gasteiger partial charge in [-0.05, 0) is 24.5 Å². The molecule has 0 spiro atoms. The van der Waals surface area contributed by atoms with Gasteiger partial charge in [-0.15, -0.1) is 0 Å². The Morgan fingerprint density at radius 1 is 1.47 bits per heavy atom. The Labute approximate surface area is 112 Å². The molecule has 1 aliphatic rings. The van der Waals surface area contributed by atoms with Gasteiger partial charge in [0.15, 0.2) is 0 Å². The van der Waals surface area contributed by atoms with Crippen molar-refractivity contribution in [2.75, 3.05) is 18.9 Å². The van der Waals surface area contributed by atoms with Crippen LogP contribution in [0.15, 0.2) is 18.2 Å². The molecule has 3 N–H and O–H groups in total. The molecule has 0 radical (unpaired) electrons. The summed E-state index contributed by atoms with van der Waals surface area (Å²) in [6.07, 6.45) is 3.49. The molecule has 0 atom stereocenters. The topological polar surface area (TPSA) is 92.6 Å². The van der Waals surface area contributed by atoms with Crippen molar-refractivity contribution in [3.8, 4) is 0 Å². The molecule has 0 heterocycles. The number of nitrogens with two attached hydrogens (primary N) is 1. The predicted octanol–water partition coefficient (Wildman–Crippen LogP) is 1.52. The van der Waals surface area contributed by atoms with Gasteiger partial charge in [-0.3, -0.25) is 15.0 Å². The van der Waals surface area contributed by atoms with Crippen LogP contribution in [0.2, 0.25) is 0 Å². The molecule has 1 aromatic carbocycles. The summed E-state index contributed by atoms with van der Waals surface area (Å²) < 4.78 is 0. The smallest absolute Gasteiger partial charge is 0.292 e. The molecule has 0 saturated heterocycles. The number of hydrogen-bond acceptors (Lipinski definition) is 5. The van der Waals surface area contributed by atoms with Crippen LogP contribution < -0.4 is 5.73 Å². The molecule has 1 saturated carbocycles. The highest BCUT2D eigenvalue weighted by Crippen LogP contribution is 2.28. The third kappa shape index (κ3) is 3.21. The average Bonchev–Trinajstić information content (AvgIpc) is 2.29. The van der Waals surface area contributed by atoms with Gasteiger partial charge in [0.25, 0.3) is 5.69 Å². The summed E-state index contributed by atoms with van der Waals surface area (Å²) in [7, 11) is 0. The van der Waals surface area contributed by atoms with Gasteiger partial charge < -0.3 is 10.8 Å². The van der Waals surface area contributed by atoms with Crippen molar-refractivity contribution in [1.29, 1.82) is 0 Å². The van der Waals surface area contributed by atoms with Gasteiger partial charge in [-0.2, -0.15) is 0 Å². The lowest BCUT2D eigenvalue weighted by molar-refractivity contribution is -0.384. The van der Waals surface area contributed by atoms with Gasteiger partial charge in [0.1, 0.15) is 5.69 Å². The Morgan fingerprint density at radius 2 is 2.21 bits per heavy atom. The summed E-state index contributed by atoms with van der Waals surface area (Å²) in [5.74, 6) is 0. The fourth-order valence-corrected chi connectivity index (χ4v) is 2.35. The van der Waals surface area contributed by atoms with Crippen LogP contribution in [0.4, 0.5) is 11.4 Å². The van der Waals surface area contributed by atoms with E-state index in [0.717, 1.165) is 18.4 Å². The van der Waals surface area contributed by atoms with Crippen LogP contribution >= 0.6 is 0 Å². The standard InChI is InChI=1S/C13H19N3O3/c14-12-5-4-10(8-13(12)16(18)19)9-15(6-7-17)11-2-1-3-11/h4-5,8,11,17H,1-3,6-7,9,14H2. The number of aliphatic hydroxyl groups is 1. The Hall–Kier alpha value is -1.66. The van der Waals surface area contributed by atoms with Crippen LogP contribution in [0.25, 0.3) is 0 Å². The molecule has 0 amide bonds. The molecule has 0 aliphatic heterocycles. The second kappa shape index (κ2) is 5.99. The Balaban J connectivity index is 2.12. The molecule has 1 aliphatic carbocycles. The number of aliphatic hydroxyl groups excluding tert-OH is 1. The first-order valence-electron chi connectivity index (χ1n) is 6.49. The highest BCUT2D eigenvalue weighted by Gasteiger charge is 2.25. The van der Waals surface area contributed by atoms with E-state index < -0.39 is 4.92 Å². The molecular formula is C13H19N3O3. The molecule has 1 fully saturated rings. The molecule has 19 heavy (non-hydrogen) atoms. The summed E-state index contributed by atoms with van der Waals surface area (Å²) in [5, 5.41) is 20.0. The minimum Gasteiger partial charge on any atom is -0.395 e. The third-order valence-electron chi connectivity index (χ3n) is 3.66. The van der Waals surface area contributed by atoms with E-state index in [-0.39, 0.29) is 18.0 Å². The fourth-order valence-electron chi connectivity index (χ4n) is 2.35. The summed E-state index contributed by atoms with van der Waals surface area (Å²) in [4.78, 5) is 12.6. The second-order valence-corrected chi connectivity index (χ2v) is 4.93. The van der Waals surface area contributed by atoms with Crippen molar-refractivity contribution in [2.24, 2.45) is 0 Å². The van der Waals surface area contributed by atoms with Gasteiger partial charge in [0.2, 0.25) is 0 Å². The van der Waals surface area contributed by atoms with Crippen molar-refractivity contribution < 1.29 is 10.0 Å². The number of rotatable bonds is 6. The second-order valence-electron chi connectivity index (χ2n) is 4.93. The Morgan fingerprint density at radius 3 is 2.74 bits per heavy atom. The van der Waals surface area contributed by atoms with E-state index in [2.05, 4.69) is 4.90 Å². The van der Waals surface area contributed by atoms with E-state index in [0.29, 0.717) is 19.1 Å². The Bertz CT molecular complexity index is 460. The summed E-state index contributed by atoms with van der Waals surface area (Å²) in [6, 6.07) is 5.40. The van der Waals surface area contributed by atoms with E-state index in [1.54, 1.807) is 6.07 Å². The van der Waals surface area contributed by atoms with E-state index in [4.69, 9.17) is 10.8 Å². The Kier molecular flexibility index (Phi) is 4.34. The molecule has 104 valence electrons. The van der Waals surface area contributed by atoms with Crippen molar-refractivity contribution in [2.45, 2.75) is 31.8 Å². The minimum absolute atomic E-state index is 0.0462. The van der Waals surface area contributed by atoms with Crippen LogP contribution in [-0.4, -0.2) is 34.1 Å². The molecule has 6 nitrogen and oxygen atoms in total. The van der Waals surface area contributed by atoms with Crippen molar-refractivity contribution in [3.05, 3.63) is 33.9 Å². The fraction of sp³-hybridized carbons (Fsp3) is 0.538. The van der Waals surface area contributed by atoms with Gasteiger partial charge in [-0.1, -0.05) is 12.5 Å². The van der Waals surface area contributed by atoms with Crippen LogP contribution in [0, 0.1) is 10.1 Å². The summed E-state index contributed by atoms with van der Waals surface area (Å²) in [6.45, 7) is 1.32. The highest BCUT2D eigenvalue weighted by atomic mass is 16.6. The SMILES string of the molecule is Nc1ccc(CN(CCO)C2CCC2)cc1[N+](=O)[O-]. The molecule has 0 aromatic heterocycles. The maximum atomic E-state index is 10.9. The maximum absolute atomic E-state index is 10.9. The van der Waals surface area contributed by atoms with Crippen LogP contribution in [0.3, 0.4) is 0 Å². The van der Waals surface area contributed by atoms with Crippen LogP contribution in [0.5, 0.6) is 0 Å². The molecule has 0 bridgehead atoms. The third-order valence-corrected chi connectivity index (χ3v) is 3.66. The number of nitrogens with zero attached hydrogens (tertiary/aromatic N) is 2. The lowest BCUT2D eigenvalue weighted by Gasteiger charge is -2.37. The van der Waals surface area contributed by atoms with Crippen molar-refractivity contribution in [1.82, 2.24) is 4.90 Å². The monoisotopic (exact) mass is 265 g/mol. The summed E-state index contributed by atoms with van der Waals surface area (Å²) >= 11 is 0. The normalized spacial score (nSPS) is 15.5. The number of anilines is 1. The van der Waals surface area contributed by atoms with Crippen molar-refractivity contribution in [3.63, 3.8) is 0 Å². The molecule has 1 aromatic rings. The predicted molar refractivity (Wildman–Crippen MR) is 72.6 cm³/mol. The molecule has 6 heteroatoms. The number of nitro benzene ring substituents is 1. The minimum atomic E-state index is -0.460. The lowest BCUT2D eigenvalue weighted by Crippen LogP contribution is -2.41. The largest absolute Gasteiger partial charge is 0.395 e. The first kappa shape index (κ1) is 13.8. The first-order valence-corrected chi connectivity index (χ1v) is 6.49. The first-order chi connectivity index (χ1) is 9.11. The van der Waals surface area contributed by atoms with Crippen LogP contribution in [0.1, 0.15) is 24.8 Å². The van der Waals surface area contributed by atoms with Gasteiger partial charge in [-0.25, -0.2) is 0 Å². The number of hydrogen-bond donors (Lipinski definition) is 2. The number of nitrogen functional groups attached to an aromatic ring is 1. The quantitative estimate of drug-likeness (QED) is 0.462. The molecular weight excluding hydrogens is 246 g/mol. The van der Waals surface area contributed by atoms with E-state index >= 15 is 0 Å². The number of nitro groups is 1. The zero-order chi connectivity index (χ0) is 13.8. The van der Waals surface area contributed by atoms with E-state index in [1.165, 1.54) is 12.5 Å². The van der Waals surface area contributed by atoms with E-state index in [1.807, 2.05) is 6.07 Å².